The van der Waals surface area contributed by atoms with E-state index in [-0.39, 0.29) is 0 Å². The summed E-state index contributed by atoms with van der Waals surface area (Å²) in [5, 5.41) is 4.42. The Balaban J connectivity index is 1.57. The first kappa shape index (κ1) is 15.5. The number of aryl methyl sites for hydroxylation is 1. The average molecular weight is 373 g/mol. The molecule has 0 atom stereocenters. The van der Waals surface area contributed by atoms with Crippen molar-refractivity contribution in [3.63, 3.8) is 0 Å². The minimum atomic E-state index is 0.573. The third-order valence-corrected chi connectivity index (χ3v) is 5.76. The summed E-state index contributed by atoms with van der Waals surface area (Å²) in [7, 11) is 0. The van der Waals surface area contributed by atoms with Crippen molar-refractivity contribution in [2.24, 2.45) is 0 Å². The van der Waals surface area contributed by atoms with Crippen molar-refractivity contribution in [3.8, 4) is 10.6 Å². The van der Waals surface area contributed by atoms with Crippen LogP contribution in [-0.2, 0) is 6.54 Å². The van der Waals surface area contributed by atoms with Gasteiger partial charge in [-0.2, -0.15) is 0 Å². The predicted octanol–water partition coefficient (Wildman–Crippen LogP) is 5.39. The van der Waals surface area contributed by atoms with Crippen LogP contribution in [0.5, 0.6) is 0 Å². The summed E-state index contributed by atoms with van der Waals surface area (Å²) in [6.07, 6.45) is 3.60. The highest BCUT2D eigenvalue weighted by Gasteiger charge is 2.09. The summed E-state index contributed by atoms with van der Waals surface area (Å²) in [5.74, 6) is 0. The molecule has 0 saturated heterocycles. The molecule has 0 fully saturated rings. The van der Waals surface area contributed by atoms with Crippen LogP contribution >= 0.6 is 34.3 Å². The molecular weight excluding hydrogens is 360 g/mol. The van der Waals surface area contributed by atoms with Crippen molar-refractivity contribution >= 4 is 50.3 Å². The van der Waals surface area contributed by atoms with Gasteiger partial charge in [-0.3, -0.25) is 0 Å². The van der Waals surface area contributed by atoms with E-state index in [1.807, 2.05) is 12.1 Å². The number of halogens is 1. The van der Waals surface area contributed by atoms with Crippen molar-refractivity contribution in [1.82, 2.24) is 15.0 Å². The Morgan fingerprint density at radius 3 is 2.83 bits per heavy atom. The summed E-state index contributed by atoms with van der Waals surface area (Å²) in [6.45, 7) is 2.81. The van der Waals surface area contributed by atoms with Crippen LogP contribution in [0.2, 0.25) is 4.47 Å². The number of fused-ring (bicyclic) bond motifs is 1. The number of anilines is 1. The molecule has 0 aliphatic carbocycles. The molecule has 1 aromatic carbocycles. The number of pyridine rings is 1. The van der Waals surface area contributed by atoms with Gasteiger partial charge in [0, 0.05) is 28.5 Å². The molecule has 4 nitrogen and oxygen atoms in total. The number of rotatable bonds is 4. The van der Waals surface area contributed by atoms with Crippen LogP contribution in [0.15, 0.2) is 42.7 Å². The Kier molecular flexibility index (Phi) is 4.18. The van der Waals surface area contributed by atoms with E-state index in [2.05, 4.69) is 45.4 Å². The fourth-order valence-corrected chi connectivity index (χ4v) is 4.26. The monoisotopic (exact) mass is 372 g/mol. The second-order valence-corrected chi connectivity index (χ2v) is 7.98. The molecule has 0 amide bonds. The zero-order valence-corrected chi connectivity index (χ0v) is 15.2. The lowest BCUT2D eigenvalue weighted by Gasteiger charge is -2.09. The van der Waals surface area contributed by atoms with Crippen molar-refractivity contribution in [3.05, 3.63) is 57.6 Å². The Morgan fingerprint density at radius 1 is 1.17 bits per heavy atom. The van der Waals surface area contributed by atoms with Crippen LogP contribution < -0.4 is 5.32 Å². The van der Waals surface area contributed by atoms with Gasteiger partial charge >= 0.3 is 0 Å². The molecule has 7 heteroatoms. The van der Waals surface area contributed by atoms with Crippen molar-refractivity contribution in [2.75, 3.05) is 5.32 Å². The van der Waals surface area contributed by atoms with Crippen LogP contribution in [0.3, 0.4) is 0 Å². The molecule has 4 rings (SSSR count). The zero-order chi connectivity index (χ0) is 16.5. The topological polar surface area (TPSA) is 50.7 Å². The molecule has 3 heterocycles. The summed E-state index contributed by atoms with van der Waals surface area (Å²) in [4.78, 5) is 15.2. The highest BCUT2D eigenvalue weighted by Crippen LogP contribution is 2.31. The van der Waals surface area contributed by atoms with Crippen molar-refractivity contribution < 1.29 is 0 Å². The van der Waals surface area contributed by atoms with E-state index < -0.39 is 0 Å². The van der Waals surface area contributed by atoms with Gasteiger partial charge in [0.15, 0.2) is 4.47 Å². The molecule has 0 aliphatic heterocycles. The fraction of sp³-hybridized carbons (Fsp3) is 0.118. The number of hydrogen-bond donors (Lipinski definition) is 1. The number of benzene rings is 1. The first-order valence-corrected chi connectivity index (χ1v) is 9.37. The van der Waals surface area contributed by atoms with Crippen LogP contribution in [0.4, 0.5) is 5.69 Å². The number of hydrogen-bond acceptors (Lipinski definition) is 6. The summed E-state index contributed by atoms with van der Waals surface area (Å²) in [6, 6.07) is 10.2. The Hall–Kier alpha value is -2.02. The Morgan fingerprint density at radius 2 is 2.08 bits per heavy atom. The van der Waals surface area contributed by atoms with Gasteiger partial charge in [0.2, 0.25) is 0 Å². The number of nitrogens with zero attached hydrogens (tertiary/aromatic N) is 3. The van der Waals surface area contributed by atoms with Crippen LogP contribution in [0.1, 0.15) is 10.4 Å². The van der Waals surface area contributed by atoms with E-state index in [4.69, 9.17) is 11.6 Å². The highest BCUT2D eigenvalue weighted by atomic mass is 35.5. The van der Waals surface area contributed by atoms with E-state index in [0.717, 1.165) is 38.0 Å². The molecule has 24 heavy (non-hydrogen) atoms. The van der Waals surface area contributed by atoms with Crippen LogP contribution in [0, 0.1) is 6.92 Å². The third-order valence-electron chi connectivity index (χ3n) is 3.62. The first-order chi connectivity index (χ1) is 11.7. The van der Waals surface area contributed by atoms with Gasteiger partial charge in [0.25, 0.3) is 0 Å². The Bertz CT molecular complexity index is 976. The largest absolute Gasteiger partial charge is 0.380 e. The van der Waals surface area contributed by atoms with E-state index in [9.17, 15) is 0 Å². The van der Waals surface area contributed by atoms with Gasteiger partial charge in [-0.15, -0.1) is 11.3 Å². The van der Waals surface area contributed by atoms with Gasteiger partial charge in [-0.1, -0.05) is 22.9 Å². The minimum Gasteiger partial charge on any atom is -0.380 e. The molecule has 120 valence electrons. The standard InChI is InChI=1S/C17H13ClN4S2/c1-10-7-11(15-22-14-3-2-6-19-16(14)24-15)4-5-13(10)20-8-12-9-21-17(18)23-12/h2-7,9,20H,8H2,1H3. The van der Waals surface area contributed by atoms with Gasteiger partial charge in [-0.05, 0) is 42.8 Å². The summed E-state index contributed by atoms with van der Waals surface area (Å²) >= 11 is 8.97. The van der Waals surface area contributed by atoms with Gasteiger partial charge < -0.3 is 5.32 Å². The second kappa shape index (κ2) is 6.47. The predicted molar refractivity (Wildman–Crippen MR) is 102 cm³/mol. The Labute approximate surface area is 152 Å². The van der Waals surface area contributed by atoms with E-state index in [0.29, 0.717) is 4.47 Å². The lowest BCUT2D eigenvalue weighted by molar-refractivity contribution is 1.16. The minimum absolute atomic E-state index is 0.573. The molecule has 1 N–H and O–H groups in total. The summed E-state index contributed by atoms with van der Waals surface area (Å²) < 4.78 is 0.573. The third kappa shape index (κ3) is 3.13. The van der Waals surface area contributed by atoms with E-state index >= 15 is 0 Å². The molecular formula is C17H13ClN4S2. The van der Waals surface area contributed by atoms with E-state index in [1.165, 1.54) is 16.9 Å². The van der Waals surface area contributed by atoms with Gasteiger partial charge in [0.1, 0.15) is 15.4 Å². The number of aromatic nitrogens is 3. The fourth-order valence-electron chi connectivity index (χ4n) is 2.44. The first-order valence-electron chi connectivity index (χ1n) is 7.36. The molecule has 4 aromatic rings. The molecule has 0 aliphatic rings. The lowest BCUT2D eigenvalue weighted by atomic mass is 10.1. The average Bonchev–Trinajstić information content (AvgIpc) is 3.19. The number of nitrogens with one attached hydrogen (secondary N) is 1. The normalized spacial score (nSPS) is 11.1. The second-order valence-electron chi connectivity index (χ2n) is 5.31. The van der Waals surface area contributed by atoms with Crippen LogP contribution in [-0.4, -0.2) is 15.0 Å². The quantitative estimate of drug-likeness (QED) is 0.521. The zero-order valence-electron chi connectivity index (χ0n) is 12.8. The van der Waals surface area contributed by atoms with E-state index in [1.54, 1.807) is 23.7 Å². The maximum Gasteiger partial charge on any atom is 0.183 e. The molecule has 3 aromatic heterocycles. The smallest absolute Gasteiger partial charge is 0.183 e. The SMILES string of the molecule is Cc1cc(-c2nc3cccnc3s2)ccc1NCc1cnc(Cl)s1. The maximum absolute atomic E-state index is 5.86. The van der Waals surface area contributed by atoms with Crippen molar-refractivity contribution in [2.45, 2.75) is 13.5 Å². The van der Waals surface area contributed by atoms with Crippen molar-refractivity contribution in [1.29, 1.82) is 0 Å². The molecule has 0 saturated carbocycles. The molecule has 0 bridgehead atoms. The van der Waals surface area contributed by atoms with Gasteiger partial charge in [-0.25, -0.2) is 15.0 Å². The highest BCUT2D eigenvalue weighted by molar-refractivity contribution is 7.21. The van der Waals surface area contributed by atoms with Crippen LogP contribution in [0.25, 0.3) is 20.9 Å². The lowest BCUT2D eigenvalue weighted by Crippen LogP contribution is -1.99. The molecule has 0 spiro atoms. The maximum atomic E-state index is 5.86. The summed E-state index contributed by atoms with van der Waals surface area (Å²) in [5.41, 5.74) is 4.33. The molecule has 0 unspecified atom stereocenters. The van der Waals surface area contributed by atoms with Gasteiger partial charge in [0.05, 0.1) is 6.54 Å². The molecule has 0 radical (unpaired) electrons. The number of thiazole rings is 2.